The lowest BCUT2D eigenvalue weighted by molar-refractivity contribution is -0.143. The van der Waals surface area contributed by atoms with Crippen LogP contribution < -0.4 is 4.31 Å². The van der Waals surface area contributed by atoms with Crippen LogP contribution in [0, 0.1) is 5.92 Å². The topological polar surface area (TPSA) is 72.9 Å². The summed E-state index contributed by atoms with van der Waals surface area (Å²) < 4.78 is 37.2. The second-order valence-corrected chi connectivity index (χ2v) is 9.15. The zero-order valence-corrected chi connectivity index (χ0v) is 15.2. The Kier molecular flexibility index (Phi) is 4.03. The van der Waals surface area contributed by atoms with Gasteiger partial charge in [0.15, 0.2) is 0 Å². The van der Waals surface area contributed by atoms with E-state index in [1.54, 1.807) is 4.31 Å². The molecule has 0 bridgehead atoms. The van der Waals surface area contributed by atoms with Crippen LogP contribution in [0.3, 0.4) is 0 Å². The van der Waals surface area contributed by atoms with E-state index >= 15 is 0 Å². The summed E-state index contributed by atoms with van der Waals surface area (Å²) in [5.41, 5.74) is 1.86. The zero-order valence-electron chi connectivity index (χ0n) is 14.4. The first-order chi connectivity index (χ1) is 12.0. The van der Waals surface area contributed by atoms with Gasteiger partial charge in [0.25, 0.3) is 0 Å². The van der Waals surface area contributed by atoms with Crippen molar-refractivity contribution in [1.29, 1.82) is 0 Å². The lowest BCUT2D eigenvalue weighted by atomic mass is 9.93. The molecule has 25 heavy (non-hydrogen) atoms. The smallest absolute Gasteiger partial charge is 0.316 e. The summed E-state index contributed by atoms with van der Waals surface area (Å²) in [7, 11) is -1.94. The monoisotopic (exact) mass is 365 g/mol. The zero-order chi connectivity index (χ0) is 17.7. The van der Waals surface area contributed by atoms with Gasteiger partial charge in [-0.25, -0.2) is 8.42 Å². The van der Waals surface area contributed by atoms with Crippen LogP contribution in [0.15, 0.2) is 18.2 Å². The number of carbonyl (C=O) groups excluding carboxylic acids is 1. The predicted molar refractivity (Wildman–Crippen MR) is 92.9 cm³/mol. The van der Waals surface area contributed by atoms with Gasteiger partial charge in [-0.15, -0.1) is 0 Å². The average molecular weight is 365 g/mol. The van der Waals surface area contributed by atoms with Crippen LogP contribution in [0.2, 0.25) is 0 Å². The molecule has 4 rings (SSSR count). The third-order valence-corrected chi connectivity index (χ3v) is 7.36. The maximum Gasteiger partial charge on any atom is 0.316 e. The highest BCUT2D eigenvalue weighted by atomic mass is 32.2. The fourth-order valence-electron chi connectivity index (χ4n) is 3.97. The number of hydrogen-bond acceptors (Lipinski definition) is 5. The first-order valence-corrected chi connectivity index (χ1v) is 10.4. The highest BCUT2D eigenvalue weighted by Crippen LogP contribution is 2.50. The molecule has 0 amide bonds. The minimum atomic E-state index is -3.34. The summed E-state index contributed by atoms with van der Waals surface area (Å²) in [5, 5.41) is 0. The van der Waals surface area contributed by atoms with Gasteiger partial charge in [0.05, 0.1) is 24.0 Å². The Labute approximate surface area is 148 Å². The summed E-state index contributed by atoms with van der Waals surface area (Å²) in [6, 6.07) is 5.64. The van der Waals surface area contributed by atoms with E-state index in [-0.39, 0.29) is 11.7 Å². The summed E-state index contributed by atoms with van der Waals surface area (Å²) in [6.07, 6.45) is 3.31. The molecule has 3 aliphatic rings. The fraction of sp³-hybridized carbons (Fsp3) is 0.611. The summed E-state index contributed by atoms with van der Waals surface area (Å²) in [4.78, 5) is 12.1. The van der Waals surface area contributed by atoms with Gasteiger partial charge in [0.2, 0.25) is 10.0 Å². The molecule has 7 heteroatoms. The molecule has 1 saturated heterocycles. The van der Waals surface area contributed by atoms with Crippen molar-refractivity contribution in [2.24, 2.45) is 5.92 Å². The molecule has 0 atom stereocenters. The summed E-state index contributed by atoms with van der Waals surface area (Å²) >= 11 is 0. The van der Waals surface area contributed by atoms with Crippen LogP contribution in [0.1, 0.15) is 36.8 Å². The van der Waals surface area contributed by atoms with Crippen LogP contribution in [0.5, 0.6) is 0 Å². The van der Waals surface area contributed by atoms with Gasteiger partial charge in [-0.05, 0) is 48.8 Å². The largest absolute Gasteiger partial charge is 0.468 e. The minimum Gasteiger partial charge on any atom is -0.468 e. The Morgan fingerprint density at radius 2 is 2.04 bits per heavy atom. The van der Waals surface area contributed by atoms with Gasteiger partial charge in [-0.1, -0.05) is 12.1 Å². The highest BCUT2D eigenvalue weighted by Gasteiger charge is 2.53. The van der Waals surface area contributed by atoms with E-state index in [4.69, 9.17) is 9.47 Å². The molecule has 1 aromatic rings. The van der Waals surface area contributed by atoms with Crippen LogP contribution in [-0.2, 0) is 35.5 Å². The van der Waals surface area contributed by atoms with Crippen LogP contribution in [0.25, 0.3) is 0 Å². The van der Waals surface area contributed by atoms with Gasteiger partial charge in [0, 0.05) is 19.8 Å². The first-order valence-electron chi connectivity index (χ1n) is 8.76. The van der Waals surface area contributed by atoms with Crippen molar-refractivity contribution in [1.82, 2.24) is 0 Å². The Morgan fingerprint density at radius 1 is 1.32 bits per heavy atom. The van der Waals surface area contributed by atoms with Gasteiger partial charge in [0.1, 0.15) is 0 Å². The van der Waals surface area contributed by atoms with Gasteiger partial charge < -0.3 is 9.47 Å². The maximum absolute atomic E-state index is 12.7. The molecule has 1 saturated carbocycles. The van der Waals surface area contributed by atoms with E-state index in [0.29, 0.717) is 25.7 Å². The molecule has 2 aliphatic heterocycles. The molecule has 0 N–H and O–H groups in total. The molecule has 0 aromatic heterocycles. The molecule has 6 nitrogen and oxygen atoms in total. The van der Waals surface area contributed by atoms with Crippen molar-refractivity contribution in [3.63, 3.8) is 0 Å². The van der Waals surface area contributed by atoms with E-state index in [1.807, 2.05) is 18.2 Å². The second kappa shape index (κ2) is 5.99. The number of carbonyl (C=O) groups is 1. The Bertz CT molecular complexity index is 794. The minimum absolute atomic E-state index is 0.0106. The standard InChI is InChI=1S/C18H23NO5S/c1-23-17(20)18(6-7-18)15-2-3-16-14(10-15)12-25(21,22)19(16)11-13-4-8-24-9-5-13/h2-3,10,13H,4-9,11-12H2,1H3. The van der Waals surface area contributed by atoms with Gasteiger partial charge >= 0.3 is 5.97 Å². The predicted octanol–water partition coefficient (Wildman–Crippen LogP) is 1.97. The number of esters is 1. The summed E-state index contributed by atoms with van der Waals surface area (Å²) in [5.74, 6) is 0.114. The van der Waals surface area contributed by atoms with Crippen molar-refractivity contribution in [2.45, 2.75) is 36.9 Å². The second-order valence-electron chi connectivity index (χ2n) is 7.26. The number of hydrogen-bond donors (Lipinski definition) is 0. The fourth-order valence-corrected chi connectivity index (χ4v) is 5.67. The third kappa shape index (κ3) is 2.83. The first kappa shape index (κ1) is 16.8. The number of anilines is 1. The molecule has 136 valence electrons. The number of rotatable bonds is 4. The third-order valence-electron chi connectivity index (χ3n) is 5.67. The molecular formula is C18H23NO5S. The number of sulfonamides is 1. The molecule has 2 fully saturated rings. The van der Waals surface area contributed by atoms with Crippen molar-refractivity contribution >= 4 is 21.7 Å². The molecule has 1 aliphatic carbocycles. The quantitative estimate of drug-likeness (QED) is 0.763. The molecule has 0 unspecified atom stereocenters. The van der Waals surface area contributed by atoms with Crippen molar-refractivity contribution in [3.05, 3.63) is 29.3 Å². The Hall–Kier alpha value is -1.60. The number of methoxy groups -OCH3 is 1. The normalized spacial score (nSPS) is 24.0. The molecular weight excluding hydrogens is 342 g/mol. The lowest BCUT2D eigenvalue weighted by Crippen LogP contribution is -2.34. The number of nitrogens with zero attached hydrogens (tertiary/aromatic N) is 1. The van der Waals surface area contributed by atoms with E-state index in [0.717, 1.165) is 42.5 Å². The van der Waals surface area contributed by atoms with Crippen molar-refractivity contribution in [2.75, 3.05) is 31.2 Å². The SMILES string of the molecule is COC(=O)C1(c2ccc3c(c2)CS(=O)(=O)N3CC2CCOCC2)CC1. The van der Waals surface area contributed by atoms with Gasteiger partial charge in [-0.3, -0.25) is 9.10 Å². The van der Waals surface area contributed by atoms with Gasteiger partial charge in [-0.2, -0.15) is 0 Å². The van der Waals surface area contributed by atoms with Crippen LogP contribution in [0.4, 0.5) is 5.69 Å². The number of benzene rings is 1. The number of ether oxygens (including phenoxy) is 2. The number of fused-ring (bicyclic) bond motifs is 1. The molecule has 0 radical (unpaired) electrons. The van der Waals surface area contributed by atoms with E-state index < -0.39 is 15.4 Å². The van der Waals surface area contributed by atoms with Crippen LogP contribution in [-0.4, -0.2) is 41.3 Å². The van der Waals surface area contributed by atoms with E-state index in [2.05, 4.69) is 0 Å². The Morgan fingerprint density at radius 3 is 2.68 bits per heavy atom. The van der Waals surface area contributed by atoms with E-state index in [9.17, 15) is 13.2 Å². The van der Waals surface area contributed by atoms with Crippen molar-refractivity contribution in [3.8, 4) is 0 Å². The molecule has 1 aromatic carbocycles. The Balaban J connectivity index is 1.62. The van der Waals surface area contributed by atoms with Crippen LogP contribution >= 0.6 is 0 Å². The highest BCUT2D eigenvalue weighted by molar-refractivity contribution is 7.92. The molecule has 2 heterocycles. The average Bonchev–Trinajstić information content (AvgIpc) is 3.37. The molecule has 0 spiro atoms. The van der Waals surface area contributed by atoms with E-state index in [1.165, 1.54) is 7.11 Å². The lowest BCUT2D eigenvalue weighted by Gasteiger charge is -2.27. The summed E-state index contributed by atoms with van der Waals surface area (Å²) in [6.45, 7) is 1.91. The van der Waals surface area contributed by atoms with Crippen molar-refractivity contribution < 1.29 is 22.7 Å². The maximum atomic E-state index is 12.7.